The standard InChI is InChI=1S/C11H13Cl2N3OS/c1-2-3-10(17)15-16-11(18)14-9-5-4-7(12)6-8(9)13/h4-6H,2-3H2,1H3,(H,15,17)(H2,14,16,18). The number of hydrogen-bond donors (Lipinski definition) is 3. The number of rotatable bonds is 3. The maximum atomic E-state index is 11.2. The Labute approximate surface area is 121 Å². The average molecular weight is 306 g/mol. The topological polar surface area (TPSA) is 53.2 Å². The zero-order valence-corrected chi connectivity index (χ0v) is 12.0. The van der Waals surface area contributed by atoms with Crippen molar-refractivity contribution in [1.82, 2.24) is 10.9 Å². The normalized spacial score (nSPS) is 9.72. The van der Waals surface area contributed by atoms with Gasteiger partial charge < -0.3 is 5.32 Å². The monoisotopic (exact) mass is 305 g/mol. The summed E-state index contributed by atoms with van der Waals surface area (Å²) < 4.78 is 0. The van der Waals surface area contributed by atoms with E-state index >= 15 is 0 Å². The summed E-state index contributed by atoms with van der Waals surface area (Å²) >= 11 is 16.7. The van der Waals surface area contributed by atoms with E-state index in [2.05, 4.69) is 16.2 Å². The fourth-order valence-corrected chi connectivity index (χ4v) is 1.78. The number of thiocarbonyl (C=S) groups is 1. The maximum absolute atomic E-state index is 11.2. The first-order valence-corrected chi connectivity index (χ1v) is 6.50. The minimum absolute atomic E-state index is 0.121. The molecule has 3 N–H and O–H groups in total. The van der Waals surface area contributed by atoms with Crippen molar-refractivity contribution in [3.8, 4) is 0 Å². The van der Waals surface area contributed by atoms with Gasteiger partial charge in [-0.3, -0.25) is 15.6 Å². The molecule has 0 aliphatic rings. The van der Waals surface area contributed by atoms with Crippen molar-refractivity contribution in [3.05, 3.63) is 28.2 Å². The van der Waals surface area contributed by atoms with Crippen molar-refractivity contribution < 1.29 is 4.79 Å². The molecule has 0 radical (unpaired) electrons. The lowest BCUT2D eigenvalue weighted by molar-refractivity contribution is -0.121. The van der Waals surface area contributed by atoms with Crippen LogP contribution in [0.3, 0.4) is 0 Å². The van der Waals surface area contributed by atoms with E-state index in [1.807, 2.05) is 6.92 Å². The van der Waals surface area contributed by atoms with Crippen LogP contribution in [-0.4, -0.2) is 11.0 Å². The molecule has 0 aliphatic carbocycles. The van der Waals surface area contributed by atoms with E-state index in [1.165, 1.54) is 0 Å². The summed E-state index contributed by atoms with van der Waals surface area (Å²) in [5, 5.41) is 4.10. The molecule has 0 unspecified atom stereocenters. The van der Waals surface area contributed by atoms with E-state index in [4.69, 9.17) is 35.4 Å². The highest BCUT2D eigenvalue weighted by Crippen LogP contribution is 2.25. The Balaban J connectivity index is 2.47. The molecular weight excluding hydrogens is 293 g/mol. The van der Waals surface area contributed by atoms with Crippen LogP contribution in [0.1, 0.15) is 19.8 Å². The maximum Gasteiger partial charge on any atom is 0.238 e. The summed E-state index contributed by atoms with van der Waals surface area (Å²) in [5.74, 6) is -0.121. The van der Waals surface area contributed by atoms with Gasteiger partial charge in [-0.15, -0.1) is 0 Å². The van der Waals surface area contributed by atoms with Crippen LogP contribution in [0.25, 0.3) is 0 Å². The first-order chi connectivity index (χ1) is 8.52. The van der Waals surface area contributed by atoms with Gasteiger partial charge in [0.25, 0.3) is 0 Å². The zero-order chi connectivity index (χ0) is 13.5. The van der Waals surface area contributed by atoms with Gasteiger partial charge >= 0.3 is 0 Å². The quantitative estimate of drug-likeness (QED) is 0.593. The summed E-state index contributed by atoms with van der Waals surface area (Å²) in [6, 6.07) is 4.99. The smallest absolute Gasteiger partial charge is 0.238 e. The number of benzene rings is 1. The Morgan fingerprint density at radius 1 is 1.33 bits per heavy atom. The Bertz CT molecular complexity index is 454. The van der Waals surface area contributed by atoms with Crippen molar-refractivity contribution in [3.63, 3.8) is 0 Å². The van der Waals surface area contributed by atoms with E-state index < -0.39 is 0 Å². The number of amides is 1. The summed E-state index contributed by atoms with van der Waals surface area (Å²) in [5.41, 5.74) is 5.67. The van der Waals surface area contributed by atoms with Crippen molar-refractivity contribution in [1.29, 1.82) is 0 Å². The predicted octanol–water partition coefficient (Wildman–Crippen LogP) is 3.11. The molecule has 0 atom stereocenters. The van der Waals surface area contributed by atoms with Gasteiger partial charge in [0.05, 0.1) is 10.7 Å². The second-order valence-electron chi connectivity index (χ2n) is 3.50. The summed E-state index contributed by atoms with van der Waals surface area (Å²) in [6.45, 7) is 1.92. The highest BCUT2D eigenvalue weighted by atomic mass is 35.5. The van der Waals surface area contributed by atoms with E-state index in [1.54, 1.807) is 18.2 Å². The van der Waals surface area contributed by atoms with Crippen LogP contribution in [0.4, 0.5) is 5.69 Å². The minimum Gasteiger partial charge on any atom is -0.330 e. The summed E-state index contributed by atoms with van der Waals surface area (Å²) in [6.07, 6.45) is 1.22. The molecule has 0 saturated carbocycles. The second-order valence-corrected chi connectivity index (χ2v) is 4.75. The fourth-order valence-electron chi connectivity index (χ4n) is 1.16. The Morgan fingerprint density at radius 3 is 2.67 bits per heavy atom. The van der Waals surface area contributed by atoms with Gasteiger partial charge in [0.1, 0.15) is 0 Å². The molecule has 0 bridgehead atoms. The lowest BCUT2D eigenvalue weighted by atomic mass is 10.3. The first-order valence-electron chi connectivity index (χ1n) is 5.33. The summed E-state index contributed by atoms with van der Waals surface area (Å²) in [4.78, 5) is 11.2. The number of hydrogen-bond acceptors (Lipinski definition) is 2. The molecule has 0 heterocycles. The van der Waals surface area contributed by atoms with Gasteiger partial charge in [-0.1, -0.05) is 30.1 Å². The van der Waals surface area contributed by atoms with Gasteiger partial charge in [0, 0.05) is 11.4 Å². The van der Waals surface area contributed by atoms with E-state index in [0.717, 1.165) is 6.42 Å². The van der Waals surface area contributed by atoms with Crippen LogP contribution < -0.4 is 16.2 Å². The Kier molecular flexibility index (Phi) is 6.18. The molecule has 4 nitrogen and oxygen atoms in total. The van der Waals surface area contributed by atoms with Crippen LogP contribution in [-0.2, 0) is 4.79 Å². The summed E-state index contributed by atoms with van der Waals surface area (Å²) in [7, 11) is 0. The number of halogens is 2. The molecule has 0 aromatic heterocycles. The predicted molar refractivity (Wildman–Crippen MR) is 78.9 cm³/mol. The van der Waals surface area contributed by atoms with Gasteiger partial charge in [-0.05, 0) is 36.8 Å². The first kappa shape index (κ1) is 15.0. The molecule has 1 aromatic rings. The molecule has 1 rings (SSSR count). The Hall–Kier alpha value is -1.04. The molecule has 7 heteroatoms. The van der Waals surface area contributed by atoms with E-state index in [-0.39, 0.29) is 11.0 Å². The molecule has 1 aromatic carbocycles. The number of nitrogens with one attached hydrogen (secondary N) is 3. The third kappa shape index (κ3) is 5.08. The van der Waals surface area contributed by atoms with Gasteiger partial charge in [-0.2, -0.15) is 0 Å². The second kappa shape index (κ2) is 7.41. The molecule has 1 amide bonds. The molecule has 0 fully saturated rings. The van der Waals surface area contributed by atoms with Gasteiger partial charge in [0.15, 0.2) is 5.11 Å². The van der Waals surface area contributed by atoms with Crippen LogP contribution in [0.15, 0.2) is 18.2 Å². The van der Waals surface area contributed by atoms with Crippen LogP contribution in [0.5, 0.6) is 0 Å². The highest BCUT2D eigenvalue weighted by Gasteiger charge is 2.04. The SMILES string of the molecule is CCCC(=O)NNC(=S)Nc1ccc(Cl)cc1Cl. The van der Waals surface area contributed by atoms with Crippen molar-refractivity contribution in [2.75, 3.05) is 5.32 Å². The average Bonchev–Trinajstić information content (AvgIpc) is 2.31. The number of anilines is 1. The molecule has 0 spiro atoms. The minimum atomic E-state index is -0.121. The van der Waals surface area contributed by atoms with Crippen molar-refractivity contribution in [2.45, 2.75) is 19.8 Å². The van der Waals surface area contributed by atoms with Crippen LogP contribution in [0, 0.1) is 0 Å². The van der Waals surface area contributed by atoms with Gasteiger partial charge in [-0.25, -0.2) is 0 Å². The molecule has 98 valence electrons. The third-order valence-corrected chi connectivity index (χ3v) is 2.72. The third-order valence-electron chi connectivity index (χ3n) is 1.97. The zero-order valence-electron chi connectivity index (χ0n) is 9.72. The number of carbonyl (C=O) groups excluding carboxylic acids is 1. The highest BCUT2D eigenvalue weighted by molar-refractivity contribution is 7.80. The lowest BCUT2D eigenvalue weighted by Crippen LogP contribution is -2.43. The molecule has 18 heavy (non-hydrogen) atoms. The molecule has 0 saturated heterocycles. The number of hydrazine groups is 1. The molecular formula is C11H13Cl2N3OS. The molecule has 0 aliphatic heterocycles. The lowest BCUT2D eigenvalue weighted by Gasteiger charge is -2.12. The fraction of sp³-hybridized carbons (Fsp3) is 0.273. The van der Waals surface area contributed by atoms with E-state index in [9.17, 15) is 4.79 Å². The van der Waals surface area contributed by atoms with Crippen molar-refractivity contribution >= 4 is 52.1 Å². The van der Waals surface area contributed by atoms with Crippen LogP contribution in [0.2, 0.25) is 10.0 Å². The van der Waals surface area contributed by atoms with Gasteiger partial charge in [0.2, 0.25) is 5.91 Å². The largest absolute Gasteiger partial charge is 0.330 e. The number of carbonyl (C=O) groups is 1. The Morgan fingerprint density at radius 2 is 2.06 bits per heavy atom. The van der Waals surface area contributed by atoms with E-state index in [0.29, 0.717) is 22.2 Å². The van der Waals surface area contributed by atoms with Crippen molar-refractivity contribution in [2.24, 2.45) is 0 Å². The van der Waals surface area contributed by atoms with Crippen LogP contribution >= 0.6 is 35.4 Å².